The molecular formula is C24H18N6O3S2. The Labute approximate surface area is 208 Å². The number of hydrazone groups is 2. The summed E-state index contributed by atoms with van der Waals surface area (Å²) in [5.74, 6) is -1.41. The monoisotopic (exact) mass is 502 g/mol. The number of nitrogens with zero attached hydrogens (tertiary/aromatic N) is 5. The van der Waals surface area contributed by atoms with Crippen LogP contribution < -0.4 is 10.4 Å². The zero-order chi connectivity index (χ0) is 24.5. The summed E-state index contributed by atoms with van der Waals surface area (Å²) in [6, 6.07) is 15.7. The highest BCUT2D eigenvalue weighted by atomic mass is 32.1. The van der Waals surface area contributed by atoms with E-state index in [0.717, 1.165) is 21.7 Å². The summed E-state index contributed by atoms with van der Waals surface area (Å²) in [5, 5.41) is 22.0. The van der Waals surface area contributed by atoms with E-state index in [1.54, 1.807) is 17.5 Å². The van der Waals surface area contributed by atoms with Gasteiger partial charge in [-0.05, 0) is 26.0 Å². The van der Waals surface area contributed by atoms with E-state index in [4.69, 9.17) is 5.11 Å². The van der Waals surface area contributed by atoms with Gasteiger partial charge >= 0.3 is 11.9 Å². The average Bonchev–Trinajstić information content (AvgIpc) is 3.56. The van der Waals surface area contributed by atoms with Crippen LogP contribution in [0.2, 0.25) is 0 Å². The second-order valence-electron chi connectivity index (χ2n) is 7.56. The van der Waals surface area contributed by atoms with Crippen LogP contribution in [0, 0.1) is 13.8 Å². The zero-order valence-corrected chi connectivity index (χ0v) is 20.2. The first-order valence-electron chi connectivity index (χ1n) is 10.5. The summed E-state index contributed by atoms with van der Waals surface area (Å²) in [6.07, 6.45) is 0. The van der Waals surface area contributed by atoms with E-state index in [1.165, 1.54) is 39.8 Å². The highest BCUT2D eigenvalue weighted by molar-refractivity contribution is 7.15. The van der Waals surface area contributed by atoms with Gasteiger partial charge in [0.25, 0.3) is 0 Å². The highest BCUT2D eigenvalue weighted by Crippen LogP contribution is 2.30. The van der Waals surface area contributed by atoms with Crippen molar-refractivity contribution in [3.63, 3.8) is 0 Å². The molecule has 1 aliphatic heterocycles. The minimum atomic E-state index is -0.996. The molecule has 0 radical (unpaired) electrons. The first kappa shape index (κ1) is 22.6. The summed E-state index contributed by atoms with van der Waals surface area (Å²) in [6.45, 7) is 3.89. The predicted molar refractivity (Wildman–Crippen MR) is 138 cm³/mol. The van der Waals surface area contributed by atoms with Crippen molar-refractivity contribution >= 4 is 56.2 Å². The van der Waals surface area contributed by atoms with Crippen molar-refractivity contribution in [2.24, 2.45) is 10.2 Å². The molecule has 0 fully saturated rings. The maximum Gasteiger partial charge on any atom is 0.335 e. The molecule has 3 heterocycles. The van der Waals surface area contributed by atoms with Gasteiger partial charge < -0.3 is 5.11 Å². The maximum atomic E-state index is 13.4. The van der Waals surface area contributed by atoms with Crippen molar-refractivity contribution in [2.75, 3.05) is 10.4 Å². The number of carbonyl (C=O) groups is 2. The predicted octanol–water partition coefficient (Wildman–Crippen LogP) is 4.80. The van der Waals surface area contributed by atoms with Crippen LogP contribution in [0.3, 0.4) is 0 Å². The van der Waals surface area contributed by atoms with Crippen LogP contribution in [0.25, 0.3) is 11.3 Å². The summed E-state index contributed by atoms with van der Waals surface area (Å²) >= 11 is 2.72. The van der Waals surface area contributed by atoms with Gasteiger partial charge in [-0.3, -0.25) is 10.2 Å². The largest absolute Gasteiger partial charge is 0.478 e. The van der Waals surface area contributed by atoms with Crippen molar-refractivity contribution in [2.45, 2.75) is 13.8 Å². The molecule has 35 heavy (non-hydrogen) atoms. The summed E-state index contributed by atoms with van der Waals surface area (Å²) in [7, 11) is 0. The van der Waals surface area contributed by atoms with E-state index in [0.29, 0.717) is 21.7 Å². The van der Waals surface area contributed by atoms with Crippen LogP contribution in [0.4, 0.5) is 10.3 Å². The molecule has 0 saturated carbocycles. The number of anilines is 2. The summed E-state index contributed by atoms with van der Waals surface area (Å²) in [5.41, 5.74) is 6.67. The molecule has 1 amide bonds. The number of aromatic carboxylic acids is 1. The minimum absolute atomic E-state index is 0.157. The second kappa shape index (κ2) is 9.20. The third-order valence-electron chi connectivity index (χ3n) is 5.26. The normalized spacial score (nSPS) is 14.5. The Bertz CT molecular complexity index is 1470. The van der Waals surface area contributed by atoms with Crippen LogP contribution in [-0.2, 0) is 4.79 Å². The van der Waals surface area contributed by atoms with E-state index in [2.05, 4.69) is 25.6 Å². The number of carbonyl (C=O) groups excluding carboxylic acids is 1. The Balaban J connectivity index is 1.47. The maximum absolute atomic E-state index is 13.4. The van der Waals surface area contributed by atoms with Crippen molar-refractivity contribution < 1.29 is 14.7 Å². The molecule has 2 N–H and O–H groups in total. The van der Waals surface area contributed by atoms with E-state index >= 15 is 0 Å². The number of hydrogen-bond acceptors (Lipinski definition) is 9. The van der Waals surface area contributed by atoms with Crippen LogP contribution in [0.1, 0.15) is 26.5 Å². The van der Waals surface area contributed by atoms with Crippen molar-refractivity contribution in [3.8, 4) is 11.3 Å². The van der Waals surface area contributed by atoms with Crippen LogP contribution in [0.5, 0.6) is 0 Å². The van der Waals surface area contributed by atoms with Gasteiger partial charge in [-0.2, -0.15) is 15.2 Å². The Hall–Kier alpha value is -4.22. The van der Waals surface area contributed by atoms with E-state index < -0.39 is 11.9 Å². The number of carboxylic acid groups (broad SMARTS) is 1. The fourth-order valence-electron chi connectivity index (χ4n) is 3.32. The Morgan fingerprint density at radius 3 is 2.43 bits per heavy atom. The number of hydrogen-bond donors (Lipinski definition) is 2. The third kappa shape index (κ3) is 4.46. The molecule has 0 bridgehead atoms. The summed E-state index contributed by atoms with van der Waals surface area (Å²) < 4.78 is 0. The molecule has 0 unspecified atom stereocenters. The van der Waals surface area contributed by atoms with Gasteiger partial charge in [0.2, 0.25) is 10.3 Å². The molecule has 4 aromatic rings. The lowest BCUT2D eigenvalue weighted by molar-refractivity contribution is -0.112. The lowest BCUT2D eigenvalue weighted by atomic mass is 10.1. The number of aromatic nitrogens is 2. The smallest absolute Gasteiger partial charge is 0.335 e. The van der Waals surface area contributed by atoms with Crippen LogP contribution in [0.15, 0.2) is 70.2 Å². The number of benzene rings is 2. The molecule has 0 aliphatic carbocycles. The molecule has 0 atom stereocenters. The average molecular weight is 503 g/mol. The standard InChI is InChI=1S/C24H18N6O3S2/c1-13-14(2)35-23(25-13)28-27-20-19(16-6-4-3-5-7-16)29-30(21(20)31)24-26-18(12-34-24)15-8-10-17(11-9-15)22(32)33/h3-12H,1-2H3,(H,25,28)(H,32,33)/b27-20-. The molecule has 0 saturated heterocycles. The lowest BCUT2D eigenvalue weighted by Crippen LogP contribution is -2.28. The van der Waals surface area contributed by atoms with E-state index in [1.807, 2.05) is 44.2 Å². The topological polar surface area (TPSA) is 120 Å². The van der Waals surface area contributed by atoms with Gasteiger partial charge in [0.05, 0.1) is 17.0 Å². The van der Waals surface area contributed by atoms with Gasteiger partial charge in [0.15, 0.2) is 5.71 Å². The molecule has 5 rings (SSSR count). The van der Waals surface area contributed by atoms with Gasteiger partial charge in [-0.15, -0.1) is 22.7 Å². The Morgan fingerprint density at radius 2 is 1.77 bits per heavy atom. The number of nitrogens with one attached hydrogen (secondary N) is 1. The third-order valence-corrected chi connectivity index (χ3v) is 7.05. The van der Waals surface area contributed by atoms with Gasteiger partial charge in [-0.1, -0.05) is 42.5 Å². The zero-order valence-electron chi connectivity index (χ0n) is 18.6. The molecule has 1 aliphatic rings. The number of amides is 1. The molecular weight excluding hydrogens is 484 g/mol. The van der Waals surface area contributed by atoms with Crippen molar-refractivity contribution in [1.82, 2.24) is 9.97 Å². The molecule has 0 spiro atoms. The lowest BCUT2D eigenvalue weighted by Gasteiger charge is -2.06. The van der Waals surface area contributed by atoms with Gasteiger partial charge in [0, 0.05) is 21.4 Å². The highest BCUT2D eigenvalue weighted by Gasteiger charge is 2.35. The number of thiazole rings is 2. The van der Waals surface area contributed by atoms with Crippen molar-refractivity contribution in [1.29, 1.82) is 0 Å². The summed E-state index contributed by atoms with van der Waals surface area (Å²) in [4.78, 5) is 34.5. The van der Waals surface area contributed by atoms with Crippen LogP contribution in [-0.4, -0.2) is 38.4 Å². The Kier molecular flexibility index (Phi) is 5.93. The minimum Gasteiger partial charge on any atom is -0.478 e. The number of aryl methyl sites for hydroxylation is 2. The van der Waals surface area contributed by atoms with E-state index in [-0.39, 0.29) is 11.3 Å². The SMILES string of the molecule is Cc1nc(N/N=C2\C(=O)N(c3nc(-c4ccc(C(=O)O)cc4)cs3)N=C2c2ccccc2)sc1C. The first-order valence-corrected chi connectivity index (χ1v) is 12.2. The fourth-order valence-corrected chi connectivity index (χ4v) is 4.85. The van der Waals surface area contributed by atoms with Crippen LogP contribution >= 0.6 is 22.7 Å². The number of carboxylic acids is 1. The van der Waals surface area contributed by atoms with E-state index in [9.17, 15) is 9.59 Å². The first-order chi connectivity index (χ1) is 16.9. The van der Waals surface area contributed by atoms with Crippen molar-refractivity contribution in [3.05, 3.63) is 81.7 Å². The molecule has 9 nitrogen and oxygen atoms in total. The number of rotatable bonds is 6. The van der Waals surface area contributed by atoms with Gasteiger partial charge in [-0.25, -0.2) is 14.8 Å². The second-order valence-corrected chi connectivity index (χ2v) is 9.60. The molecule has 174 valence electrons. The molecule has 2 aromatic carbocycles. The quantitative estimate of drug-likeness (QED) is 0.366. The fraction of sp³-hybridized carbons (Fsp3) is 0.0833. The molecule has 11 heteroatoms. The Morgan fingerprint density at radius 1 is 1.03 bits per heavy atom. The van der Waals surface area contributed by atoms with Gasteiger partial charge in [0.1, 0.15) is 5.71 Å². The molecule has 2 aromatic heterocycles.